The highest BCUT2D eigenvalue weighted by Crippen LogP contribution is 2.24. The van der Waals surface area contributed by atoms with E-state index in [1.165, 1.54) is 11.3 Å². The minimum absolute atomic E-state index is 0.0792. The minimum atomic E-state index is -0.513. The zero-order chi connectivity index (χ0) is 14.7. The van der Waals surface area contributed by atoms with E-state index < -0.39 is 5.91 Å². The van der Waals surface area contributed by atoms with E-state index in [9.17, 15) is 9.59 Å². The summed E-state index contributed by atoms with van der Waals surface area (Å²) in [5, 5.41) is 5.11. The molecule has 1 fully saturated rings. The zero-order valence-electron chi connectivity index (χ0n) is 11.9. The molecule has 0 radical (unpaired) electrons. The molecule has 2 amide bonds. The monoisotopic (exact) mass is 295 g/mol. The molecule has 1 saturated heterocycles. The lowest BCUT2D eigenvalue weighted by molar-refractivity contribution is -0.121. The standard InChI is InChI=1S/C14H21N3O2S/c1-9-3-6-17(7-4-9)10(2)13(19)16-14-11(12(15)18)5-8-20-14/h5,8-10H,3-4,6-7H2,1-2H3,(H2,15,18)(H,16,19)/t10-/m1/s1. The zero-order valence-corrected chi connectivity index (χ0v) is 12.7. The molecule has 0 unspecified atom stereocenters. The summed E-state index contributed by atoms with van der Waals surface area (Å²) in [6.45, 7) is 6.04. The lowest BCUT2D eigenvalue weighted by atomic mass is 9.98. The van der Waals surface area contributed by atoms with Crippen LogP contribution in [-0.2, 0) is 4.79 Å². The molecule has 0 aliphatic carbocycles. The molecular weight excluding hydrogens is 274 g/mol. The number of thiophene rings is 1. The normalized spacial score (nSPS) is 18.7. The van der Waals surface area contributed by atoms with Crippen molar-refractivity contribution in [3.8, 4) is 0 Å². The largest absolute Gasteiger partial charge is 0.366 e. The van der Waals surface area contributed by atoms with Gasteiger partial charge in [0, 0.05) is 0 Å². The number of rotatable bonds is 4. The summed E-state index contributed by atoms with van der Waals surface area (Å²) in [5.74, 6) is 0.144. The van der Waals surface area contributed by atoms with E-state index in [2.05, 4.69) is 17.1 Å². The summed E-state index contributed by atoms with van der Waals surface area (Å²) in [7, 11) is 0. The molecular formula is C14H21N3O2S. The quantitative estimate of drug-likeness (QED) is 0.891. The van der Waals surface area contributed by atoms with Crippen LogP contribution in [0.15, 0.2) is 11.4 Å². The Bertz CT molecular complexity index is 492. The molecule has 5 nitrogen and oxygen atoms in total. The van der Waals surface area contributed by atoms with Gasteiger partial charge in [-0.2, -0.15) is 0 Å². The maximum Gasteiger partial charge on any atom is 0.251 e. The van der Waals surface area contributed by atoms with Crippen molar-refractivity contribution < 1.29 is 9.59 Å². The second kappa shape index (κ2) is 6.37. The molecule has 0 spiro atoms. The summed E-state index contributed by atoms with van der Waals surface area (Å²) in [6.07, 6.45) is 2.26. The van der Waals surface area contributed by atoms with E-state index in [1.807, 2.05) is 6.92 Å². The topological polar surface area (TPSA) is 75.4 Å². The Morgan fingerprint density at radius 3 is 2.70 bits per heavy atom. The van der Waals surface area contributed by atoms with Gasteiger partial charge < -0.3 is 11.1 Å². The molecule has 1 aromatic heterocycles. The summed E-state index contributed by atoms with van der Waals surface area (Å²) < 4.78 is 0. The molecule has 20 heavy (non-hydrogen) atoms. The number of anilines is 1. The molecule has 3 N–H and O–H groups in total. The molecule has 110 valence electrons. The molecule has 2 heterocycles. The Kier molecular flexibility index (Phi) is 4.77. The summed E-state index contributed by atoms with van der Waals surface area (Å²) in [4.78, 5) is 25.7. The molecule has 1 aromatic rings. The van der Waals surface area contributed by atoms with Crippen molar-refractivity contribution in [2.24, 2.45) is 11.7 Å². The molecule has 6 heteroatoms. The van der Waals surface area contributed by atoms with Gasteiger partial charge in [0.25, 0.3) is 5.91 Å². The second-order valence-corrected chi connectivity index (χ2v) is 6.33. The Morgan fingerprint density at radius 1 is 1.45 bits per heavy atom. The van der Waals surface area contributed by atoms with Crippen molar-refractivity contribution in [2.45, 2.75) is 32.7 Å². The second-order valence-electron chi connectivity index (χ2n) is 5.41. The molecule has 1 aliphatic heterocycles. The fourth-order valence-corrected chi connectivity index (χ4v) is 3.19. The average molecular weight is 295 g/mol. The van der Waals surface area contributed by atoms with Gasteiger partial charge in [-0.1, -0.05) is 6.92 Å². The van der Waals surface area contributed by atoms with E-state index in [1.54, 1.807) is 11.4 Å². The number of amides is 2. The Labute approximate surface area is 123 Å². The van der Waals surface area contributed by atoms with Gasteiger partial charge >= 0.3 is 0 Å². The van der Waals surface area contributed by atoms with Crippen molar-refractivity contribution in [3.63, 3.8) is 0 Å². The van der Waals surface area contributed by atoms with E-state index in [0.29, 0.717) is 10.6 Å². The van der Waals surface area contributed by atoms with Crippen LogP contribution in [0.1, 0.15) is 37.0 Å². The number of nitrogens with one attached hydrogen (secondary N) is 1. The third-order valence-corrected chi connectivity index (χ3v) is 4.74. The van der Waals surface area contributed by atoms with Crippen molar-refractivity contribution in [1.82, 2.24) is 4.90 Å². The maximum atomic E-state index is 12.3. The van der Waals surface area contributed by atoms with E-state index in [0.717, 1.165) is 31.8 Å². The van der Waals surface area contributed by atoms with Crippen LogP contribution in [0.4, 0.5) is 5.00 Å². The number of nitrogens with zero attached hydrogens (tertiary/aromatic N) is 1. The van der Waals surface area contributed by atoms with Gasteiger partial charge in [-0.25, -0.2) is 0 Å². The fraction of sp³-hybridized carbons (Fsp3) is 0.571. The number of hydrogen-bond donors (Lipinski definition) is 2. The molecule has 2 rings (SSSR count). The van der Waals surface area contributed by atoms with Gasteiger partial charge in [0.15, 0.2) is 0 Å². The van der Waals surface area contributed by atoms with Crippen LogP contribution >= 0.6 is 11.3 Å². The lowest BCUT2D eigenvalue weighted by Crippen LogP contribution is -2.45. The average Bonchev–Trinajstić information content (AvgIpc) is 2.87. The van der Waals surface area contributed by atoms with Crippen molar-refractivity contribution in [3.05, 3.63) is 17.0 Å². The Hall–Kier alpha value is -1.40. The lowest BCUT2D eigenvalue weighted by Gasteiger charge is -2.34. The van der Waals surface area contributed by atoms with Crippen LogP contribution in [0.5, 0.6) is 0 Å². The van der Waals surface area contributed by atoms with Crippen LogP contribution in [0.25, 0.3) is 0 Å². The van der Waals surface area contributed by atoms with Gasteiger partial charge in [-0.05, 0) is 50.2 Å². The van der Waals surface area contributed by atoms with Crippen molar-refractivity contribution >= 4 is 28.2 Å². The van der Waals surface area contributed by atoms with Crippen LogP contribution in [-0.4, -0.2) is 35.8 Å². The molecule has 1 aliphatic rings. The summed E-state index contributed by atoms with van der Waals surface area (Å²) in [6, 6.07) is 1.45. The summed E-state index contributed by atoms with van der Waals surface area (Å²) >= 11 is 1.32. The van der Waals surface area contributed by atoms with Crippen molar-refractivity contribution in [2.75, 3.05) is 18.4 Å². The van der Waals surface area contributed by atoms with Crippen LogP contribution in [0.3, 0.4) is 0 Å². The van der Waals surface area contributed by atoms with E-state index in [4.69, 9.17) is 5.73 Å². The van der Waals surface area contributed by atoms with Gasteiger partial charge in [0.2, 0.25) is 5.91 Å². The van der Waals surface area contributed by atoms with E-state index in [-0.39, 0.29) is 11.9 Å². The first-order valence-electron chi connectivity index (χ1n) is 6.91. The first-order valence-corrected chi connectivity index (χ1v) is 7.79. The predicted molar refractivity (Wildman–Crippen MR) is 80.9 cm³/mol. The van der Waals surface area contributed by atoms with Gasteiger partial charge in [0.1, 0.15) is 5.00 Å². The third kappa shape index (κ3) is 3.37. The Morgan fingerprint density at radius 2 is 2.10 bits per heavy atom. The highest BCUT2D eigenvalue weighted by Gasteiger charge is 2.26. The summed E-state index contributed by atoms with van der Waals surface area (Å²) in [5.41, 5.74) is 5.65. The smallest absolute Gasteiger partial charge is 0.251 e. The number of primary amides is 1. The molecule has 0 aromatic carbocycles. The third-order valence-electron chi connectivity index (χ3n) is 3.91. The van der Waals surface area contributed by atoms with Gasteiger partial charge in [-0.15, -0.1) is 11.3 Å². The number of likely N-dealkylation sites (tertiary alicyclic amines) is 1. The van der Waals surface area contributed by atoms with Crippen LogP contribution in [0.2, 0.25) is 0 Å². The first kappa shape index (κ1) is 15.0. The van der Waals surface area contributed by atoms with Gasteiger partial charge in [0.05, 0.1) is 11.6 Å². The number of nitrogens with two attached hydrogens (primary N) is 1. The highest BCUT2D eigenvalue weighted by atomic mass is 32.1. The number of piperidine rings is 1. The van der Waals surface area contributed by atoms with Crippen LogP contribution < -0.4 is 11.1 Å². The number of carbonyl (C=O) groups is 2. The van der Waals surface area contributed by atoms with Crippen molar-refractivity contribution in [1.29, 1.82) is 0 Å². The molecule has 0 saturated carbocycles. The minimum Gasteiger partial charge on any atom is -0.366 e. The first-order chi connectivity index (χ1) is 9.49. The fourth-order valence-electron chi connectivity index (χ4n) is 2.40. The Balaban J connectivity index is 1.97. The van der Waals surface area contributed by atoms with E-state index >= 15 is 0 Å². The van der Waals surface area contributed by atoms with Crippen LogP contribution in [0, 0.1) is 5.92 Å². The molecule has 0 bridgehead atoms. The SMILES string of the molecule is CC1CCN([C@H](C)C(=O)Nc2sccc2C(N)=O)CC1. The predicted octanol–water partition coefficient (Wildman–Crippen LogP) is 1.91. The highest BCUT2D eigenvalue weighted by molar-refractivity contribution is 7.14. The maximum absolute atomic E-state index is 12.3. The number of hydrogen-bond acceptors (Lipinski definition) is 4. The molecule has 1 atom stereocenters. The number of carbonyl (C=O) groups excluding carboxylic acids is 2. The van der Waals surface area contributed by atoms with Gasteiger partial charge in [-0.3, -0.25) is 14.5 Å².